The number of carbonyl (C=O) groups is 19. The molecule has 136 heavy (non-hydrogen) atoms. The lowest BCUT2D eigenvalue weighted by Gasteiger charge is -2.34. The number of rotatable bonds is 60. The first-order valence-corrected chi connectivity index (χ1v) is 45.7. The second kappa shape index (κ2) is 56.1. The van der Waals surface area contributed by atoms with Crippen molar-refractivity contribution in [2.24, 2.45) is 70.4 Å². The van der Waals surface area contributed by atoms with Crippen LogP contribution in [0.15, 0.2) is 12.2 Å². The van der Waals surface area contributed by atoms with Crippen LogP contribution in [0.25, 0.3) is 0 Å². The third kappa shape index (κ3) is 51.3. The van der Waals surface area contributed by atoms with E-state index in [0.717, 1.165) is 17.1 Å². The number of ketones is 1. The fourth-order valence-electron chi connectivity index (χ4n) is 10.6. The number of esters is 9. The normalized spacial score (nSPS) is 13.1. The number of hydrogen-bond donors (Lipinski definition) is 7. The van der Waals surface area contributed by atoms with E-state index in [0.29, 0.717) is 6.42 Å². The molecule has 41 nitrogen and oxygen atoms in total. The molecule has 9 amide bonds. The Bertz CT molecular complexity index is 3480. The molecule has 0 radical (unpaired) electrons. The Labute approximate surface area is 801 Å². The van der Waals surface area contributed by atoms with Gasteiger partial charge in [-0.15, -0.1) is 0 Å². The van der Waals surface area contributed by atoms with Crippen LogP contribution in [-0.2, 0) is 157 Å². The first-order valence-electron chi connectivity index (χ1n) is 45.7. The van der Waals surface area contributed by atoms with Crippen LogP contribution in [0.1, 0.15) is 232 Å². The van der Waals surface area contributed by atoms with E-state index < -0.39 is 322 Å². The summed E-state index contributed by atoms with van der Waals surface area (Å²) in [4.78, 5) is 252. The molecule has 0 atom stereocenters. The molecule has 0 aromatic rings. The van der Waals surface area contributed by atoms with Crippen molar-refractivity contribution < 1.29 is 157 Å². The molecule has 1 aliphatic rings. The summed E-state index contributed by atoms with van der Waals surface area (Å²) < 4.78 is 80.7. The molecule has 1 aliphatic heterocycles. The van der Waals surface area contributed by atoms with Gasteiger partial charge in [-0.2, -0.15) is 0 Å². The standard InChI is InChI=1S/C95H158N8O33/c1-83(2,3)74(114)128-55-93(56-129-75(115)84(4,5)6,57-130-76(116)85(7,8)9)52-125-45-69(109)96-37-32-65(105)100-48-92(51-124-44-40-99-68(108)36-43-123-42-28-29-64(104)35-41-103-72(112)30-31-73(103)113,49-101-66(106)33-38-97-70(110)46-126-53-94(58-131-77(117)86(10,11)12,59-132-78(118)87(13,14)15)60-133-79(119)88(16,17)18)50-102-67(107)34-39-98-71(111)47-127-54-95(61-134-80(120)89(19,20)21,62-135-81(121)90(22,23)24)63-136-82(122)91(25,26)27/h30-31H,28-29,32-63H2,1-27H3,(H,96,109)(H,97,110)(H,98,111)(H,99,108)(H,100,105)(H,101,106)(H,102,107). The predicted octanol–water partition coefficient (Wildman–Crippen LogP) is 5.36. The van der Waals surface area contributed by atoms with Crippen LogP contribution in [-0.4, -0.2) is 295 Å². The Kier molecular flexibility index (Phi) is 51.1. The van der Waals surface area contributed by atoms with Gasteiger partial charge in [0.2, 0.25) is 41.4 Å². The zero-order valence-electron chi connectivity index (χ0n) is 85.6. The monoisotopic (exact) mass is 1940 g/mol. The number of Topliss-reactive ketones (excluding diaryl/α,β-unsaturated/α-hetero) is 1. The second-order valence-corrected chi connectivity index (χ2v) is 43.9. The first-order chi connectivity index (χ1) is 62.3. The van der Waals surface area contributed by atoms with E-state index in [9.17, 15) is 91.1 Å². The average Bonchev–Trinajstić information content (AvgIpc) is 0.846. The van der Waals surface area contributed by atoms with Crippen LogP contribution in [0.5, 0.6) is 0 Å². The van der Waals surface area contributed by atoms with Gasteiger partial charge in [-0.05, 0) is 193 Å². The van der Waals surface area contributed by atoms with Crippen LogP contribution in [0.2, 0.25) is 0 Å². The number of nitrogens with zero attached hydrogens (tertiary/aromatic N) is 1. The SMILES string of the molecule is CC(C)(C)C(=O)OCC(COCC(=O)NCCC(=O)NCC(CNC(=O)CCNC(=O)COCC(COC(=O)C(C)(C)C)(COC(=O)C(C)(C)C)COC(=O)C(C)(C)C)(CNC(=O)CCNC(=O)COCC(COC(=O)C(C)(C)C)(COC(=O)C(C)(C)C)COC(=O)C(C)(C)C)COCCNC(=O)CCOCCCC(=O)CCN1C(=O)C=CC1=O)(COC(=O)C(C)(C)C)COC(=O)C(C)(C)C. The fourth-order valence-corrected chi connectivity index (χ4v) is 10.6. The summed E-state index contributed by atoms with van der Waals surface area (Å²) in [6.45, 7) is 32.8. The largest absolute Gasteiger partial charge is 0.464 e. The third-order valence-electron chi connectivity index (χ3n) is 19.7. The van der Waals surface area contributed by atoms with Crippen LogP contribution in [0, 0.1) is 70.4 Å². The summed E-state index contributed by atoms with van der Waals surface area (Å²) in [6, 6.07) is 0. The summed E-state index contributed by atoms with van der Waals surface area (Å²) >= 11 is 0. The molecule has 7 N–H and O–H groups in total. The minimum absolute atomic E-state index is 0.0398. The van der Waals surface area contributed by atoms with Gasteiger partial charge in [-0.25, -0.2) is 0 Å². The molecule has 1 rings (SSSR count). The molecule has 1 heterocycles. The molecule has 0 unspecified atom stereocenters. The number of amides is 9. The predicted molar refractivity (Wildman–Crippen MR) is 492 cm³/mol. The maximum Gasteiger partial charge on any atom is 0.311 e. The van der Waals surface area contributed by atoms with Gasteiger partial charge in [0.15, 0.2) is 0 Å². The molecule has 0 fully saturated rings. The van der Waals surface area contributed by atoms with E-state index in [4.69, 9.17) is 66.3 Å². The average molecular weight is 1940 g/mol. The van der Waals surface area contributed by atoms with Gasteiger partial charge in [-0.3, -0.25) is 96.0 Å². The van der Waals surface area contributed by atoms with Crippen LogP contribution < -0.4 is 37.2 Å². The van der Waals surface area contributed by atoms with Crippen molar-refractivity contribution in [2.45, 2.75) is 232 Å². The lowest BCUT2D eigenvalue weighted by atomic mass is 9.88. The minimum atomic E-state index is -1.55. The van der Waals surface area contributed by atoms with Crippen molar-refractivity contribution in [3.05, 3.63) is 12.2 Å². The van der Waals surface area contributed by atoms with E-state index in [1.165, 1.54) is 0 Å². The van der Waals surface area contributed by atoms with E-state index in [1.54, 1.807) is 187 Å². The van der Waals surface area contributed by atoms with Crippen molar-refractivity contribution in [3.63, 3.8) is 0 Å². The number of carbonyl (C=O) groups excluding carboxylic acids is 19. The van der Waals surface area contributed by atoms with E-state index in [-0.39, 0.29) is 77.6 Å². The molecular weight excluding hydrogens is 1780 g/mol. The number of hydrogen-bond acceptors (Lipinski definition) is 33. The van der Waals surface area contributed by atoms with Gasteiger partial charge in [0.1, 0.15) is 85.1 Å². The van der Waals surface area contributed by atoms with Crippen molar-refractivity contribution in [1.29, 1.82) is 0 Å². The number of nitrogens with one attached hydrogen (secondary N) is 7. The highest BCUT2D eigenvalue weighted by Gasteiger charge is 2.45. The quantitative estimate of drug-likeness (QED) is 0.0174. The van der Waals surface area contributed by atoms with E-state index in [1.807, 2.05) is 0 Å². The van der Waals surface area contributed by atoms with Crippen molar-refractivity contribution in [3.8, 4) is 0 Å². The molecule has 0 bridgehead atoms. The van der Waals surface area contributed by atoms with Crippen molar-refractivity contribution in [2.75, 3.05) is 178 Å². The van der Waals surface area contributed by atoms with Gasteiger partial charge in [0.05, 0.1) is 105 Å². The minimum Gasteiger partial charge on any atom is -0.464 e. The third-order valence-corrected chi connectivity index (χ3v) is 19.7. The lowest BCUT2D eigenvalue weighted by molar-refractivity contribution is -0.179. The van der Waals surface area contributed by atoms with Gasteiger partial charge in [0, 0.05) is 115 Å². The highest BCUT2D eigenvalue weighted by atomic mass is 16.6. The highest BCUT2D eigenvalue weighted by Crippen LogP contribution is 2.33. The molecular formula is C95H158N8O33. The smallest absolute Gasteiger partial charge is 0.311 e. The topological polar surface area (TPSA) is 541 Å². The highest BCUT2D eigenvalue weighted by molar-refractivity contribution is 6.13. The molecule has 0 aromatic carbocycles. The van der Waals surface area contributed by atoms with Crippen molar-refractivity contribution in [1.82, 2.24) is 42.1 Å². The summed E-state index contributed by atoms with van der Waals surface area (Å²) in [7, 11) is 0. The van der Waals surface area contributed by atoms with Crippen LogP contribution >= 0.6 is 0 Å². The van der Waals surface area contributed by atoms with Gasteiger partial charge in [-0.1, -0.05) is 0 Å². The first kappa shape index (κ1) is 124. The zero-order valence-corrected chi connectivity index (χ0v) is 85.6. The zero-order chi connectivity index (χ0) is 104. The Morgan fingerprint density at radius 1 is 0.235 bits per heavy atom. The van der Waals surface area contributed by atoms with Gasteiger partial charge >= 0.3 is 53.7 Å². The molecule has 776 valence electrons. The molecule has 0 spiro atoms. The van der Waals surface area contributed by atoms with Crippen LogP contribution in [0.4, 0.5) is 0 Å². The van der Waals surface area contributed by atoms with Gasteiger partial charge < -0.3 is 104 Å². The molecule has 0 saturated heterocycles. The maximum atomic E-state index is 14.1. The van der Waals surface area contributed by atoms with E-state index >= 15 is 0 Å². The molecule has 0 aromatic heterocycles. The van der Waals surface area contributed by atoms with E-state index in [2.05, 4.69) is 37.2 Å². The molecule has 0 aliphatic carbocycles. The molecule has 0 saturated carbocycles. The Balaban J connectivity index is 3.88. The van der Waals surface area contributed by atoms with Crippen LogP contribution in [0.3, 0.4) is 0 Å². The number of ether oxygens (including phenoxy) is 14. The summed E-state index contributed by atoms with van der Waals surface area (Å²) in [6.07, 6.45) is 1.24. The Hall–Kier alpha value is -10.1. The number of imide groups is 1. The Morgan fingerprint density at radius 3 is 0.706 bits per heavy atom. The summed E-state index contributed by atoms with van der Waals surface area (Å²) in [5, 5.41) is 18.8. The maximum absolute atomic E-state index is 14.1. The summed E-state index contributed by atoms with van der Waals surface area (Å²) in [5.74, 6) is -11.9. The van der Waals surface area contributed by atoms with Gasteiger partial charge in [0.25, 0.3) is 11.8 Å². The second-order valence-electron chi connectivity index (χ2n) is 43.9. The summed E-state index contributed by atoms with van der Waals surface area (Å²) in [5.41, 5.74) is -15.2. The fraction of sp³-hybridized carbons (Fsp3) is 0.779. The lowest BCUT2D eigenvalue weighted by Crippen LogP contribution is -2.54. The molecule has 41 heteroatoms. The Morgan fingerprint density at radius 2 is 0.463 bits per heavy atom. The van der Waals surface area contributed by atoms with Crippen molar-refractivity contribution >= 4 is 113 Å².